The number of carbonyl (C=O) groups excluding carboxylic acids is 2. The van der Waals surface area contributed by atoms with E-state index in [-0.39, 0.29) is 11.4 Å². The smallest absolute Gasteiger partial charge is 0.293 e. The fraction of sp³-hybridized carbons (Fsp3) is 0.346. The van der Waals surface area contributed by atoms with E-state index in [1.165, 1.54) is 0 Å². The Labute approximate surface area is 216 Å². The van der Waals surface area contributed by atoms with Crippen LogP contribution >= 0.6 is 23.4 Å². The molecule has 36 heavy (non-hydrogen) atoms. The largest absolute Gasteiger partial charge is 0.306 e. The second-order valence-electron chi connectivity index (χ2n) is 9.39. The molecule has 3 aromatic rings. The summed E-state index contributed by atoms with van der Waals surface area (Å²) in [4.78, 5) is 28.8. The number of rotatable bonds is 6. The van der Waals surface area contributed by atoms with Crippen LogP contribution in [-0.4, -0.2) is 63.1 Å². The number of piperidine rings is 1. The van der Waals surface area contributed by atoms with Crippen LogP contribution in [0.1, 0.15) is 29.5 Å². The van der Waals surface area contributed by atoms with Crippen LogP contribution < -0.4 is 0 Å². The lowest BCUT2D eigenvalue weighted by atomic mass is 9.93. The lowest BCUT2D eigenvalue weighted by molar-refractivity contribution is -0.124. The van der Waals surface area contributed by atoms with E-state index in [1.807, 2.05) is 30.1 Å². The molecule has 2 aliphatic rings. The van der Waals surface area contributed by atoms with Crippen molar-refractivity contribution in [2.24, 2.45) is 0 Å². The predicted octanol–water partition coefficient (Wildman–Crippen LogP) is 5.68. The molecule has 0 atom stereocenters. The number of halogens is 3. The Hall–Kier alpha value is -2.75. The lowest BCUT2D eigenvalue weighted by Gasteiger charge is -2.36. The molecule has 6 nitrogen and oxygen atoms in total. The SMILES string of the molecule is CN1CCC(F)(CN2C(=O)S/C(=C\c3ccc4c(cnn4Cc4ccc(Cl)cc4CF)c3)C2=O)CC1. The molecule has 188 valence electrons. The van der Waals surface area contributed by atoms with Gasteiger partial charge in [0.05, 0.1) is 29.7 Å². The zero-order chi connectivity index (χ0) is 25.4. The van der Waals surface area contributed by atoms with Gasteiger partial charge in [0.2, 0.25) is 0 Å². The average molecular weight is 531 g/mol. The Morgan fingerprint density at radius 1 is 1.14 bits per heavy atom. The predicted molar refractivity (Wildman–Crippen MR) is 138 cm³/mol. The van der Waals surface area contributed by atoms with Crippen molar-refractivity contribution in [3.63, 3.8) is 0 Å². The molecule has 0 radical (unpaired) electrons. The van der Waals surface area contributed by atoms with E-state index in [9.17, 15) is 14.0 Å². The number of fused-ring (bicyclic) bond motifs is 1. The Bertz CT molecular complexity index is 1370. The Kier molecular flexibility index (Phi) is 6.89. The van der Waals surface area contributed by atoms with Crippen LogP contribution in [0.25, 0.3) is 17.0 Å². The van der Waals surface area contributed by atoms with Crippen LogP contribution in [0, 0.1) is 0 Å². The average Bonchev–Trinajstić information content (AvgIpc) is 3.37. The summed E-state index contributed by atoms with van der Waals surface area (Å²) in [5.41, 5.74) is 1.35. The maximum absolute atomic E-state index is 15.3. The molecule has 3 heterocycles. The molecule has 0 bridgehead atoms. The lowest BCUT2D eigenvalue weighted by Crippen LogP contribution is -2.48. The quantitative estimate of drug-likeness (QED) is 0.384. The molecule has 2 saturated heterocycles. The molecular weight excluding hydrogens is 506 g/mol. The third-order valence-corrected chi connectivity index (χ3v) is 7.94. The van der Waals surface area contributed by atoms with Gasteiger partial charge in [-0.05, 0) is 78.7 Å². The fourth-order valence-electron chi connectivity index (χ4n) is 4.60. The summed E-state index contributed by atoms with van der Waals surface area (Å²) in [5, 5.41) is 5.32. The summed E-state index contributed by atoms with van der Waals surface area (Å²) in [6.45, 7) is 0.765. The zero-order valence-corrected chi connectivity index (χ0v) is 21.3. The zero-order valence-electron chi connectivity index (χ0n) is 19.7. The number of hydrogen-bond donors (Lipinski definition) is 0. The first-order valence-corrected chi connectivity index (χ1v) is 12.9. The molecule has 0 saturated carbocycles. The normalized spacial score (nSPS) is 19.7. The van der Waals surface area contributed by atoms with Crippen molar-refractivity contribution < 1.29 is 18.4 Å². The highest BCUT2D eigenvalue weighted by atomic mass is 35.5. The van der Waals surface area contributed by atoms with Gasteiger partial charge in [-0.1, -0.05) is 23.7 Å². The number of aromatic nitrogens is 2. The number of thioether (sulfide) groups is 1. The van der Waals surface area contributed by atoms with Gasteiger partial charge in [-0.3, -0.25) is 19.2 Å². The van der Waals surface area contributed by atoms with Gasteiger partial charge in [0.15, 0.2) is 0 Å². The Morgan fingerprint density at radius 3 is 2.67 bits per heavy atom. The summed E-state index contributed by atoms with van der Waals surface area (Å²) in [6.07, 6.45) is 3.96. The fourth-order valence-corrected chi connectivity index (χ4v) is 5.64. The minimum atomic E-state index is -1.55. The topological polar surface area (TPSA) is 58.4 Å². The number of carbonyl (C=O) groups is 2. The first-order chi connectivity index (χ1) is 17.2. The molecule has 0 spiro atoms. The van der Waals surface area contributed by atoms with Gasteiger partial charge >= 0.3 is 0 Å². The van der Waals surface area contributed by atoms with Crippen molar-refractivity contribution in [2.75, 3.05) is 26.7 Å². The maximum atomic E-state index is 15.3. The van der Waals surface area contributed by atoms with Crippen LogP contribution in [-0.2, 0) is 18.0 Å². The van der Waals surface area contributed by atoms with Crippen molar-refractivity contribution in [3.05, 3.63) is 69.2 Å². The minimum absolute atomic E-state index is 0.208. The molecule has 10 heteroatoms. The highest BCUT2D eigenvalue weighted by Gasteiger charge is 2.43. The summed E-state index contributed by atoms with van der Waals surface area (Å²) < 4.78 is 30.5. The standard InChI is InChI=1S/C26H25ClF2N4O2S/c1-31-8-6-26(29,7-9-31)16-32-24(34)23(36-25(32)35)11-17-2-5-22-20(10-17)14-30-33(22)15-18-3-4-21(27)12-19(18)13-28/h2-5,10-12,14H,6-9,13,15-16H2,1H3/b23-11-. The Balaban J connectivity index is 1.33. The summed E-state index contributed by atoms with van der Waals surface area (Å²) in [7, 11) is 1.93. The summed E-state index contributed by atoms with van der Waals surface area (Å²) >= 11 is 6.82. The van der Waals surface area contributed by atoms with Gasteiger partial charge in [0, 0.05) is 23.5 Å². The highest BCUT2D eigenvalue weighted by Crippen LogP contribution is 2.36. The molecule has 1 aromatic heterocycles. The summed E-state index contributed by atoms with van der Waals surface area (Å²) in [5.74, 6) is -0.460. The second kappa shape index (κ2) is 9.95. The first kappa shape index (κ1) is 24.9. The van der Waals surface area contributed by atoms with Crippen molar-refractivity contribution in [1.29, 1.82) is 0 Å². The minimum Gasteiger partial charge on any atom is -0.306 e. The third-order valence-electron chi connectivity index (χ3n) is 6.79. The Morgan fingerprint density at radius 2 is 1.92 bits per heavy atom. The van der Waals surface area contributed by atoms with Gasteiger partial charge < -0.3 is 4.90 Å². The monoisotopic (exact) mass is 530 g/mol. The van der Waals surface area contributed by atoms with Crippen LogP contribution in [0.5, 0.6) is 0 Å². The first-order valence-electron chi connectivity index (χ1n) is 11.7. The van der Waals surface area contributed by atoms with Gasteiger partial charge in [-0.2, -0.15) is 5.10 Å². The molecule has 2 fully saturated rings. The van der Waals surface area contributed by atoms with Crippen molar-refractivity contribution in [2.45, 2.75) is 31.7 Å². The van der Waals surface area contributed by atoms with Gasteiger partial charge in [0.1, 0.15) is 12.3 Å². The van der Waals surface area contributed by atoms with E-state index in [2.05, 4.69) is 5.10 Å². The van der Waals surface area contributed by atoms with Crippen molar-refractivity contribution in [1.82, 2.24) is 19.6 Å². The highest BCUT2D eigenvalue weighted by molar-refractivity contribution is 8.18. The van der Waals surface area contributed by atoms with E-state index in [1.54, 1.807) is 35.2 Å². The molecule has 0 N–H and O–H groups in total. The van der Waals surface area contributed by atoms with Crippen LogP contribution in [0.3, 0.4) is 0 Å². The van der Waals surface area contributed by atoms with Gasteiger partial charge in [-0.15, -0.1) is 0 Å². The van der Waals surface area contributed by atoms with Crippen molar-refractivity contribution >= 4 is 51.5 Å². The molecule has 2 aliphatic heterocycles. The van der Waals surface area contributed by atoms with E-state index < -0.39 is 23.5 Å². The number of amides is 2. The van der Waals surface area contributed by atoms with E-state index >= 15 is 4.39 Å². The second-order valence-corrected chi connectivity index (χ2v) is 10.8. The number of alkyl halides is 2. The number of nitrogens with zero attached hydrogens (tertiary/aromatic N) is 4. The maximum Gasteiger partial charge on any atom is 0.293 e. The van der Waals surface area contributed by atoms with Crippen LogP contribution in [0.2, 0.25) is 5.02 Å². The summed E-state index contributed by atoms with van der Waals surface area (Å²) in [6, 6.07) is 10.7. The van der Waals surface area contributed by atoms with Gasteiger partial charge in [0.25, 0.3) is 11.1 Å². The number of likely N-dealkylation sites (tertiary alicyclic amines) is 1. The van der Waals surface area contributed by atoms with E-state index in [4.69, 9.17) is 11.6 Å². The molecule has 2 aromatic carbocycles. The van der Waals surface area contributed by atoms with Crippen LogP contribution in [0.4, 0.5) is 13.6 Å². The molecule has 2 amide bonds. The number of hydrogen-bond acceptors (Lipinski definition) is 5. The van der Waals surface area contributed by atoms with Crippen LogP contribution in [0.15, 0.2) is 47.5 Å². The molecule has 0 unspecified atom stereocenters. The van der Waals surface area contributed by atoms with E-state index in [0.29, 0.717) is 43.1 Å². The number of benzene rings is 2. The van der Waals surface area contributed by atoms with E-state index in [0.717, 1.165) is 38.7 Å². The molecule has 5 rings (SSSR count). The molecule has 0 aliphatic carbocycles. The molecular formula is C26H25ClF2N4O2S. The number of imide groups is 1. The van der Waals surface area contributed by atoms with Gasteiger partial charge in [-0.25, -0.2) is 8.78 Å². The third kappa shape index (κ3) is 5.05. The van der Waals surface area contributed by atoms with Crippen molar-refractivity contribution in [3.8, 4) is 0 Å².